The zero-order valence-corrected chi connectivity index (χ0v) is 10.1. The van der Waals surface area contributed by atoms with Crippen molar-refractivity contribution < 1.29 is 0 Å². The van der Waals surface area contributed by atoms with E-state index < -0.39 is 0 Å². The maximum atomic E-state index is 5.91. The third-order valence-electron chi connectivity index (χ3n) is 2.22. The second kappa shape index (κ2) is 5.93. The molecule has 1 rings (SSSR count). The van der Waals surface area contributed by atoms with E-state index in [0.29, 0.717) is 5.02 Å². The topological polar surface area (TPSA) is 29.9 Å². The summed E-state index contributed by atoms with van der Waals surface area (Å²) in [6, 6.07) is 0. The fraction of sp³-hybridized carbons (Fsp3) is 0.545. The van der Waals surface area contributed by atoms with E-state index >= 15 is 0 Å². The molecule has 4 heteroatoms. The van der Waals surface area contributed by atoms with E-state index in [9.17, 15) is 0 Å². The molecule has 1 heterocycles. The minimum absolute atomic E-state index is 0.712. The van der Waals surface area contributed by atoms with E-state index in [1.54, 1.807) is 6.20 Å². The Morgan fingerprint density at radius 1 is 1.67 bits per heavy atom. The highest BCUT2D eigenvalue weighted by Crippen LogP contribution is 2.13. The first-order chi connectivity index (χ1) is 7.15. The predicted molar refractivity (Wildman–Crippen MR) is 64.3 cm³/mol. The van der Waals surface area contributed by atoms with Crippen LogP contribution < -0.4 is 5.32 Å². The minimum Gasteiger partial charge on any atom is -0.313 e. The highest BCUT2D eigenvalue weighted by molar-refractivity contribution is 6.31. The molecule has 0 atom stereocenters. The van der Waals surface area contributed by atoms with Crippen molar-refractivity contribution in [2.45, 2.75) is 26.8 Å². The monoisotopic (exact) mass is 227 g/mol. The quantitative estimate of drug-likeness (QED) is 0.598. The molecule has 0 aliphatic rings. The molecule has 0 aromatic carbocycles. The Morgan fingerprint density at radius 3 is 2.93 bits per heavy atom. The van der Waals surface area contributed by atoms with Crippen LogP contribution in [0.15, 0.2) is 18.3 Å². The van der Waals surface area contributed by atoms with Gasteiger partial charge < -0.3 is 5.32 Å². The third-order valence-corrected chi connectivity index (χ3v) is 2.59. The molecule has 0 saturated heterocycles. The minimum atomic E-state index is 0.712. The lowest BCUT2D eigenvalue weighted by Crippen LogP contribution is -2.20. The van der Waals surface area contributed by atoms with Crippen molar-refractivity contribution in [3.05, 3.63) is 29.1 Å². The summed E-state index contributed by atoms with van der Waals surface area (Å²) in [6.07, 6.45) is 2.81. The highest BCUT2D eigenvalue weighted by atomic mass is 35.5. The van der Waals surface area contributed by atoms with Gasteiger partial charge in [0.2, 0.25) is 0 Å². The molecule has 0 spiro atoms. The van der Waals surface area contributed by atoms with Gasteiger partial charge in [0, 0.05) is 6.54 Å². The first kappa shape index (κ1) is 12.3. The van der Waals surface area contributed by atoms with Crippen LogP contribution in [0, 0.1) is 6.92 Å². The average Bonchev–Trinajstić information content (AvgIpc) is 2.50. The summed E-state index contributed by atoms with van der Waals surface area (Å²) in [4.78, 5) is 0. The van der Waals surface area contributed by atoms with Gasteiger partial charge in [-0.2, -0.15) is 5.10 Å². The number of nitrogens with one attached hydrogen (secondary N) is 1. The Kier molecular flexibility index (Phi) is 4.85. The van der Waals surface area contributed by atoms with Crippen LogP contribution in [0.3, 0.4) is 0 Å². The molecular formula is C11H18ClN3. The van der Waals surface area contributed by atoms with Gasteiger partial charge in [-0.1, -0.05) is 25.1 Å². The van der Waals surface area contributed by atoms with Crippen molar-refractivity contribution in [3.8, 4) is 0 Å². The lowest BCUT2D eigenvalue weighted by atomic mass is 10.3. The van der Waals surface area contributed by atoms with Gasteiger partial charge in [-0.05, 0) is 25.5 Å². The van der Waals surface area contributed by atoms with E-state index in [2.05, 4.69) is 23.9 Å². The molecule has 15 heavy (non-hydrogen) atoms. The van der Waals surface area contributed by atoms with Crippen LogP contribution in [-0.2, 0) is 6.54 Å². The molecule has 84 valence electrons. The van der Waals surface area contributed by atoms with Crippen LogP contribution in [-0.4, -0.2) is 22.9 Å². The maximum Gasteiger partial charge on any atom is 0.0815 e. The molecule has 1 aromatic rings. The molecule has 0 radical (unpaired) electrons. The SMILES string of the molecule is C=C(CNCCC)Cn1ncc(Cl)c1C. The van der Waals surface area contributed by atoms with Crippen molar-refractivity contribution in [1.82, 2.24) is 15.1 Å². The second-order valence-corrected chi connectivity index (χ2v) is 4.07. The molecule has 0 aliphatic heterocycles. The van der Waals surface area contributed by atoms with Gasteiger partial charge in [0.25, 0.3) is 0 Å². The van der Waals surface area contributed by atoms with Crippen LogP contribution in [0.5, 0.6) is 0 Å². The summed E-state index contributed by atoms with van der Waals surface area (Å²) in [7, 11) is 0. The van der Waals surface area contributed by atoms with Crippen molar-refractivity contribution in [1.29, 1.82) is 0 Å². The average molecular weight is 228 g/mol. The van der Waals surface area contributed by atoms with Gasteiger partial charge in [-0.3, -0.25) is 4.68 Å². The van der Waals surface area contributed by atoms with Gasteiger partial charge in [0.1, 0.15) is 0 Å². The number of hydrogen-bond donors (Lipinski definition) is 1. The number of rotatable bonds is 6. The Morgan fingerprint density at radius 2 is 2.40 bits per heavy atom. The molecule has 0 unspecified atom stereocenters. The summed E-state index contributed by atoms with van der Waals surface area (Å²) in [5.74, 6) is 0. The first-order valence-electron chi connectivity index (χ1n) is 5.20. The lowest BCUT2D eigenvalue weighted by molar-refractivity contribution is 0.621. The fourth-order valence-electron chi connectivity index (χ4n) is 1.29. The van der Waals surface area contributed by atoms with Gasteiger partial charge in [0.05, 0.1) is 23.5 Å². The van der Waals surface area contributed by atoms with Crippen LogP contribution >= 0.6 is 11.6 Å². The summed E-state index contributed by atoms with van der Waals surface area (Å²) < 4.78 is 1.87. The Hall–Kier alpha value is -0.800. The van der Waals surface area contributed by atoms with E-state index in [1.165, 1.54) is 0 Å². The van der Waals surface area contributed by atoms with Crippen LogP contribution in [0.25, 0.3) is 0 Å². The van der Waals surface area contributed by atoms with Crippen molar-refractivity contribution in [3.63, 3.8) is 0 Å². The Balaban J connectivity index is 2.41. The van der Waals surface area contributed by atoms with Gasteiger partial charge >= 0.3 is 0 Å². The number of halogens is 1. The summed E-state index contributed by atoms with van der Waals surface area (Å²) in [5, 5.41) is 8.20. The largest absolute Gasteiger partial charge is 0.313 e. The molecule has 0 amide bonds. The maximum absolute atomic E-state index is 5.91. The van der Waals surface area contributed by atoms with Gasteiger partial charge in [-0.25, -0.2) is 0 Å². The molecule has 0 aliphatic carbocycles. The summed E-state index contributed by atoms with van der Waals surface area (Å²) in [5.41, 5.74) is 2.11. The Labute approximate surface area is 96.1 Å². The van der Waals surface area contributed by atoms with E-state index in [1.807, 2.05) is 11.6 Å². The lowest BCUT2D eigenvalue weighted by Gasteiger charge is -2.08. The van der Waals surface area contributed by atoms with Crippen molar-refractivity contribution >= 4 is 11.6 Å². The van der Waals surface area contributed by atoms with Gasteiger partial charge in [0.15, 0.2) is 0 Å². The molecule has 1 N–H and O–H groups in total. The Bertz CT molecular complexity index is 331. The van der Waals surface area contributed by atoms with Crippen LogP contribution in [0.4, 0.5) is 0 Å². The summed E-state index contributed by atoms with van der Waals surface area (Å²) >= 11 is 5.91. The second-order valence-electron chi connectivity index (χ2n) is 3.66. The van der Waals surface area contributed by atoms with Gasteiger partial charge in [-0.15, -0.1) is 0 Å². The smallest absolute Gasteiger partial charge is 0.0815 e. The number of aromatic nitrogens is 2. The first-order valence-corrected chi connectivity index (χ1v) is 5.58. The normalized spacial score (nSPS) is 10.6. The van der Waals surface area contributed by atoms with Crippen LogP contribution in [0.2, 0.25) is 5.02 Å². The molecule has 0 bridgehead atoms. The standard InChI is InChI=1S/C11H18ClN3/c1-4-5-13-6-9(2)8-15-10(3)11(12)7-14-15/h7,13H,2,4-6,8H2,1,3H3. The molecule has 0 fully saturated rings. The van der Waals surface area contributed by atoms with E-state index in [4.69, 9.17) is 11.6 Å². The number of nitrogens with zero attached hydrogens (tertiary/aromatic N) is 2. The zero-order chi connectivity index (χ0) is 11.3. The molecule has 3 nitrogen and oxygen atoms in total. The number of hydrogen-bond acceptors (Lipinski definition) is 2. The van der Waals surface area contributed by atoms with E-state index in [0.717, 1.165) is 37.3 Å². The molecule has 1 aromatic heterocycles. The molecular weight excluding hydrogens is 210 g/mol. The van der Waals surface area contributed by atoms with Crippen molar-refractivity contribution in [2.75, 3.05) is 13.1 Å². The molecule has 0 saturated carbocycles. The van der Waals surface area contributed by atoms with E-state index in [-0.39, 0.29) is 0 Å². The van der Waals surface area contributed by atoms with Crippen molar-refractivity contribution in [2.24, 2.45) is 0 Å². The third kappa shape index (κ3) is 3.68. The zero-order valence-electron chi connectivity index (χ0n) is 9.39. The predicted octanol–water partition coefficient (Wildman–Crippen LogP) is 2.40. The fourth-order valence-corrected chi connectivity index (χ4v) is 1.43. The summed E-state index contributed by atoms with van der Waals surface area (Å²) in [6.45, 7) is 10.7. The highest BCUT2D eigenvalue weighted by Gasteiger charge is 2.04. The van der Waals surface area contributed by atoms with Crippen LogP contribution in [0.1, 0.15) is 19.0 Å².